The van der Waals surface area contributed by atoms with Gasteiger partial charge in [-0.05, 0) is 57.2 Å². The van der Waals surface area contributed by atoms with Gasteiger partial charge in [0.1, 0.15) is 4.88 Å². The number of ether oxygens (including phenoxy) is 1. The number of amides is 1. The number of thiazole rings is 1. The van der Waals surface area contributed by atoms with E-state index in [1.807, 2.05) is 37.2 Å². The summed E-state index contributed by atoms with van der Waals surface area (Å²) in [7, 11) is 2.14. The van der Waals surface area contributed by atoms with Crippen molar-refractivity contribution in [3.8, 4) is 0 Å². The molecule has 1 spiro atoms. The molecule has 1 amide bonds. The van der Waals surface area contributed by atoms with Gasteiger partial charge in [0.15, 0.2) is 0 Å². The number of likely N-dealkylation sites (tertiary alicyclic amines) is 1. The Morgan fingerprint density at radius 2 is 1.65 bits per heavy atom. The minimum atomic E-state index is -5.08. The highest BCUT2D eigenvalue weighted by atomic mass is 32.1. The third-order valence-corrected chi connectivity index (χ3v) is 7.73. The molecule has 0 radical (unpaired) electrons. The van der Waals surface area contributed by atoms with Gasteiger partial charge in [0.25, 0.3) is 5.91 Å². The zero-order valence-corrected chi connectivity index (χ0v) is 24.4. The van der Waals surface area contributed by atoms with Crippen LogP contribution in [0.5, 0.6) is 0 Å². The zero-order chi connectivity index (χ0) is 32.6. The van der Waals surface area contributed by atoms with Gasteiger partial charge in [0, 0.05) is 38.6 Å². The van der Waals surface area contributed by atoms with Crippen LogP contribution in [0, 0.1) is 19.3 Å². The van der Waals surface area contributed by atoms with Crippen LogP contribution in [0.15, 0.2) is 24.5 Å². The second kappa shape index (κ2) is 14.9. The summed E-state index contributed by atoms with van der Waals surface area (Å²) >= 11 is 1.51. The number of carbonyl (C=O) groups excluding carboxylic acids is 1. The number of nitrogens with zero attached hydrogens (tertiary/aromatic N) is 4. The molecule has 0 aromatic carbocycles. The van der Waals surface area contributed by atoms with Crippen molar-refractivity contribution in [3.63, 3.8) is 0 Å². The molecule has 240 valence electrons. The standard InChI is InChI=1S/C22H30N4O2S.2C2HF3O2/c1-16-20(29-17(2)24-16)21(27)26-9-6-22(7-10-26)11-19(28-15-22)14-25(3)13-18-5-4-8-23-12-18;2*3-2(4,5)1(6)7/h4-5,8,12,19H,6-7,9-11,13-15H2,1-3H3;2*(H,6,7). The summed E-state index contributed by atoms with van der Waals surface area (Å²) in [6.07, 6.45) is -3.03. The van der Waals surface area contributed by atoms with Gasteiger partial charge in [-0.1, -0.05) is 6.07 Å². The predicted octanol–water partition coefficient (Wildman–Crippen LogP) is 4.56. The molecule has 2 saturated heterocycles. The molecule has 2 aromatic heterocycles. The Kier molecular flexibility index (Phi) is 12.5. The minimum Gasteiger partial charge on any atom is -0.475 e. The molecule has 2 aliphatic heterocycles. The molecule has 2 aromatic rings. The van der Waals surface area contributed by atoms with Crippen LogP contribution in [-0.4, -0.2) is 99.6 Å². The first-order valence-corrected chi connectivity index (χ1v) is 13.7. The van der Waals surface area contributed by atoms with Crippen molar-refractivity contribution in [2.75, 3.05) is 33.3 Å². The van der Waals surface area contributed by atoms with Crippen LogP contribution < -0.4 is 0 Å². The number of rotatable bonds is 5. The van der Waals surface area contributed by atoms with Crippen LogP contribution in [0.3, 0.4) is 0 Å². The van der Waals surface area contributed by atoms with E-state index in [4.69, 9.17) is 24.5 Å². The van der Waals surface area contributed by atoms with Crippen molar-refractivity contribution >= 4 is 29.2 Å². The maximum absolute atomic E-state index is 12.9. The third kappa shape index (κ3) is 11.4. The highest BCUT2D eigenvalue weighted by molar-refractivity contribution is 7.13. The minimum absolute atomic E-state index is 0.148. The maximum Gasteiger partial charge on any atom is 0.490 e. The largest absolute Gasteiger partial charge is 0.490 e. The fraction of sp³-hybridized carbons (Fsp3) is 0.577. The summed E-state index contributed by atoms with van der Waals surface area (Å²) in [6.45, 7) is 8.16. The van der Waals surface area contributed by atoms with Gasteiger partial charge < -0.3 is 19.8 Å². The molecule has 17 heteroatoms. The van der Waals surface area contributed by atoms with Gasteiger partial charge in [-0.25, -0.2) is 14.6 Å². The molecule has 2 N–H and O–H groups in total. The summed E-state index contributed by atoms with van der Waals surface area (Å²) in [5, 5.41) is 15.2. The second-order valence-electron chi connectivity index (χ2n) is 10.2. The SMILES string of the molecule is Cc1nc(C)c(C(=O)N2CCC3(CC2)COC(CN(C)Cc2cccnc2)C3)s1.O=C(O)C(F)(F)F.O=C(O)C(F)(F)F. The van der Waals surface area contributed by atoms with Crippen molar-refractivity contribution in [2.24, 2.45) is 5.41 Å². The zero-order valence-electron chi connectivity index (χ0n) is 23.5. The molecule has 0 saturated carbocycles. The quantitative estimate of drug-likeness (QED) is 0.451. The number of hydrogen-bond donors (Lipinski definition) is 2. The normalized spacial score (nSPS) is 18.0. The molecule has 10 nitrogen and oxygen atoms in total. The van der Waals surface area contributed by atoms with Gasteiger partial charge >= 0.3 is 24.3 Å². The molecular formula is C26H32F6N4O6S. The van der Waals surface area contributed by atoms with E-state index in [1.54, 1.807) is 0 Å². The Labute approximate surface area is 247 Å². The van der Waals surface area contributed by atoms with E-state index in [0.717, 1.165) is 67.6 Å². The number of pyridine rings is 1. The molecule has 4 heterocycles. The number of piperidine rings is 1. The number of aryl methyl sites for hydroxylation is 2. The average molecular weight is 643 g/mol. The van der Waals surface area contributed by atoms with Crippen LogP contribution in [-0.2, 0) is 20.9 Å². The topological polar surface area (TPSA) is 133 Å². The first kappa shape index (κ1) is 35.9. The first-order chi connectivity index (χ1) is 19.8. The van der Waals surface area contributed by atoms with E-state index in [-0.39, 0.29) is 17.4 Å². The van der Waals surface area contributed by atoms with E-state index in [2.05, 4.69) is 28.0 Å². The summed E-state index contributed by atoms with van der Waals surface area (Å²) in [6, 6.07) is 4.09. The van der Waals surface area contributed by atoms with Crippen molar-refractivity contribution in [1.29, 1.82) is 0 Å². The molecule has 2 aliphatic rings. The number of aliphatic carboxylic acids is 2. The Hall–Kier alpha value is -3.31. The second-order valence-corrected chi connectivity index (χ2v) is 11.4. The van der Waals surface area contributed by atoms with E-state index in [9.17, 15) is 31.1 Å². The van der Waals surface area contributed by atoms with Gasteiger partial charge in [-0.15, -0.1) is 11.3 Å². The predicted molar refractivity (Wildman–Crippen MR) is 141 cm³/mol. The first-order valence-electron chi connectivity index (χ1n) is 12.9. The van der Waals surface area contributed by atoms with Crippen molar-refractivity contribution in [2.45, 2.75) is 58.1 Å². The summed E-state index contributed by atoms with van der Waals surface area (Å²) in [5.74, 6) is -5.37. The lowest BCUT2D eigenvalue weighted by Gasteiger charge is -2.38. The van der Waals surface area contributed by atoms with Crippen LogP contribution in [0.4, 0.5) is 26.3 Å². The lowest BCUT2D eigenvalue weighted by Crippen LogP contribution is -2.43. The maximum atomic E-state index is 12.9. The Bertz CT molecular complexity index is 1210. The van der Waals surface area contributed by atoms with Crippen LogP contribution in [0.1, 0.15) is 45.2 Å². The number of aromatic nitrogens is 2. The summed E-state index contributed by atoms with van der Waals surface area (Å²) < 4.78 is 69.7. The van der Waals surface area contributed by atoms with Gasteiger partial charge in [-0.2, -0.15) is 26.3 Å². The van der Waals surface area contributed by atoms with E-state index in [1.165, 1.54) is 16.9 Å². The smallest absolute Gasteiger partial charge is 0.475 e. The van der Waals surface area contributed by atoms with Gasteiger partial charge in [-0.3, -0.25) is 14.7 Å². The molecule has 1 unspecified atom stereocenters. The highest BCUT2D eigenvalue weighted by Gasteiger charge is 2.43. The van der Waals surface area contributed by atoms with Crippen molar-refractivity contribution < 1.29 is 55.7 Å². The number of carbonyl (C=O) groups is 3. The monoisotopic (exact) mass is 642 g/mol. The van der Waals surface area contributed by atoms with Crippen LogP contribution >= 0.6 is 11.3 Å². The lowest BCUT2D eigenvalue weighted by atomic mass is 9.76. The van der Waals surface area contributed by atoms with E-state index < -0.39 is 24.3 Å². The number of hydrogen-bond acceptors (Lipinski definition) is 8. The lowest BCUT2D eigenvalue weighted by molar-refractivity contribution is -0.193. The van der Waals surface area contributed by atoms with Crippen molar-refractivity contribution in [1.82, 2.24) is 19.8 Å². The summed E-state index contributed by atoms with van der Waals surface area (Å²) in [4.78, 5) is 44.4. The Balaban J connectivity index is 0.000000384. The Morgan fingerprint density at radius 3 is 2.09 bits per heavy atom. The number of alkyl halides is 6. The van der Waals surface area contributed by atoms with E-state index in [0.29, 0.717) is 0 Å². The molecular weight excluding hydrogens is 610 g/mol. The van der Waals surface area contributed by atoms with Gasteiger partial charge in [0.2, 0.25) is 0 Å². The molecule has 43 heavy (non-hydrogen) atoms. The van der Waals surface area contributed by atoms with Crippen molar-refractivity contribution in [3.05, 3.63) is 45.7 Å². The molecule has 1 atom stereocenters. The fourth-order valence-corrected chi connectivity index (χ4v) is 5.52. The number of carboxylic acids is 2. The number of carboxylic acid groups (broad SMARTS) is 2. The highest BCUT2D eigenvalue weighted by Crippen LogP contribution is 2.42. The van der Waals surface area contributed by atoms with Gasteiger partial charge in [0.05, 0.1) is 23.4 Å². The molecule has 2 fully saturated rings. The average Bonchev–Trinajstić information content (AvgIpc) is 3.45. The molecule has 0 bridgehead atoms. The number of likely N-dealkylation sites (N-methyl/N-ethyl adjacent to an activating group) is 1. The van der Waals surface area contributed by atoms with Crippen LogP contribution in [0.2, 0.25) is 0 Å². The molecule has 4 rings (SSSR count). The Morgan fingerprint density at radius 1 is 1.09 bits per heavy atom. The van der Waals surface area contributed by atoms with Crippen LogP contribution in [0.25, 0.3) is 0 Å². The van der Waals surface area contributed by atoms with E-state index >= 15 is 0 Å². The number of halogens is 6. The summed E-state index contributed by atoms with van der Waals surface area (Å²) in [5.41, 5.74) is 2.32. The fourth-order valence-electron chi connectivity index (χ4n) is 4.63. The molecule has 0 aliphatic carbocycles. The third-order valence-electron chi connectivity index (χ3n) is 6.67.